The first-order chi connectivity index (χ1) is 16.9. The number of carboxylic acid groups (broad SMARTS) is 2. The summed E-state index contributed by atoms with van der Waals surface area (Å²) >= 11 is 0. The number of carbonyl (C=O) groups is 2. The third-order valence-corrected chi connectivity index (χ3v) is 13.6. The van der Waals surface area contributed by atoms with Crippen molar-refractivity contribution < 1.29 is 35.1 Å². The van der Waals surface area contributed by atoms with Crippen molar-refractivity contribution in [3.05, 3.63) is 11.6 Å². The first kappa shape index (κ1) is 27.1. The van der Waals surface area contributed by atoms with Crippen molar-refractivity contribution in [3.63, 3.8) is 0 Å². The van der Waals surface area contributed by atoms with Crippen LogP contribution in [0.3, 0.4) is 0 Å². The topological polar surface area (TPSA) is 135 Å². The molecule has 0 aromatic carbocycles. The van der Waals surface area contributed by atoms with Gasteiger partial charge >= 0.3 is 11.9 Å². The molecule has 208 valence electrons. The van der Waals surface area contributed by atoms with Crippen LogP contribution in [0.5, 0.6) is 0 Å². The van der Waals surface area contributed by atoms with Gasteiger partial charge < -0.3 is 25.5 Å². The highest BCUT2D eigenvalue weighted by Crippen LogP contribution is 2.76. The lowest BCUT2D eigenvalue weighted by atomic mass is 9.32. The number of aliphatic carboxylic acids is 2. The molecule has 4 saturated carbocycles. The van der Waals surface area contributed by atoms with Crippen LogP contribution in [-0.4, -0.2) is 55.3 Å². The average molecular weight is 519 g/mol. The molecular formula is C30H46O7. The van der Waals surface area contributed by atoms with Crippen molar-refractivity contribution in [2.24, 2.45) is 44.3 Å². The molecule has 0 amide bonds. The molecule has 7 heteroatoms. The second-order valence-electron chi connectivity index (χ2n) is 14.9. The Labute approximate surface area is 220 Å². The summed E-state index contributed by atoms with van der Waals surface area (Å²) in [5, 5.41) is 55.6. The van der Waals surface area contributed by atoms with Gasteiger partial charge in [0.25, 0.3) is 0 Å². The maximum absolute atomic E-state index is 12.8. The van der Waals surface area contributed by atoms with Crippen molar-refractivity contribution in [2.45, 2.75) is 117 Å². The van der Waals surface area contributed by atoms with E-state index in [-0.39, 0.29) is 28.6 Å². The maximum Gasteiger partial charge on any atom is 0.314 e. The minimum Gasteiger partial charge on any atom is -0.481 e. The molecule has 0 aliphatic heterocycles. The largest absolute Gasteiger partial charge is 0.481 e. The number of aliphatic hydroxyl groups excluding tert-OH is 2. The van der Waals surface area contributed by atoms with Crippen LogP contribution in [0.4, 0.5) is 0 Å². The predicted octanol–water partition coefficient (Wildman–Crippen LogP) is 4.38. The van der Waals surface area contributed by atoms with Gasteiger partial charge in [-0.3, -0.25) is 9.59 Å². The van der Waals surface area contributed by atoms with Crippen molar-refractivity contribution >= 4 is 11.9 Å². The molecule has 5 aliphatic carbocycles. The number of rotatable bonds is 2. The molecule has 0 aromatic heterocycles. The second kappa shape index (κ2) is 7.60. The van der Waals surface area contributed by atoms with E-state index in [0.717, 1.165) is 5.57 Å². The monoisotopic (exact) mass is 518 g/mol. The van der Waals surface area contributed by atoms with E-state index in [4.69, 9.17) is 0 Å². The summed E-state index contributed by atoms with van der Waals surface area (Å²) in [5.74, 6) is -2.47. The molecule has 7 nitrogen and oxygen atoms in total. The van der Waals surface area contributed by atoms with Gasteiger partial charge in [0.05, 0.1) is 23.2 Å². The van der Waals surface area contributed by atoms with Crippen LogP contribution in [0, 0.1) is 44.3 Å². The van der Waals surface area contributed by atoms with Gasteiger partial charge in [-0.1, -0.05) is 46.3 Å². The van der Waals surface area contributed by atoms with Crippen LogP contribution < -0.4 is 0 Å². The minimum absolute atomic E-state index is 0.0373. The number of hydrogen-bond donors (Lipinski definition) is 5. The van der Waals surface area contributed by atoms with E-state index >= 15 is 0 Å². The maximum atomic E-state index is 12.8. The molecule has 0 radical (unpaired) electrons. The molecule has 0 bridgehead atoms. The van der Waals surface area contributed by atoms with E-state index in [1.165, 1.54) is 6.92 Å². The summed E-state index contributed by atoms with van der Waals surface area (Å²) in [5.41, 5.74) is -4.96. The number of fused-ring (bicyclic) bond motifs is 7. The smallest absolute Gasteiger partial charge is 0.314 e. The Morgan fingerprint density at radius 2 is 1.43 bits per heavy atom. The fourth-order valence-corrected chi connectivity index (χ4v) is 10.5. The van der Waals surface area contributed by atoms with E-state index < -0.39 is 51.9 Å². The quantitative estimate of drug-likeness (QED) is 0.342. The van der Waals surface area contributed by atoms with Gasteiger partial charge in [0.15, 0.2) is 0 Å². The van der Waals surface area contributed by atoms with Crippen LogP contribution >= 0.6 is 0 Å². The molecule has 5 aliphatic rings. The molecule has 2 unspecified atom stereocenters. The van der Waals surface area contributed by atoms with Crippen LogP contribution in [0.1, 0.15) is 99.3 Å². The Bertz CT molecular complexity index is 1070. The summed E-state index contributed by atoms with van der Waals surface area (Å²) in [4.78, 5) is 25.4. The summed E-state index contributed by atoms with van der Waals surface area (Å²) in [6, 6.07) is 0. The number of carboxylic acids is 2. The van der Waals surface area contributed by atoms with Gasteiger partial charge in [-0.05, 0) is 86.9 Å². The molecule has 0 aromatic rings. The Hall–Kier alpha value is -1.44. The van der Waals surface area contributed by atoms with E-state index in [1.54, 1.807) is 0 Å². The molecule has 37 heavy (non-hydrogen) atoms. The van der Waals surface area contributed by atoms with Crippen molar-refractivity contribution in [1.29, 1.82) is 0 Å². The molecule has 10 atom stereocenters. The SMILES string of the molecule is CC1(C)CC[C@]2(C(=O)O)CC[C@]3(C)C(=CC[C@@H]4[C@@]5(C)CC[C@H](O)C(C)(C(=O)O)C5(O)CC[C@]43C)[C@H]2[C@@H]1O. The molecule has 0 spiro atoms. The molecular weight excluding hydrogens is 472 g/mol. The first-order valence-electron chi connectivity index (χ1n) is 14.1. The normalized spacial score (nSPS) is 54.6. The zero-order chi connectivity index (χ0) is 27.6. The zero-order valence-corrected chi connectivity index (χ0v) is 23.3. The van der Waals surface area contributed by atoms with Crippen LogP contribution in [-0.2, 0) is 9.59 Å². The third-order valence-electron chi connectivity index (χ3n) is 13.6. The van der Waals surface area contributed by atoms with Crippen LogP contribution in [0.15, 0.2) is 11.6 Å². The molecule has 4 fully saturated rings. The number of aliphatic hydroxyl groups is 3. The van der Waals surface area contributed by atoms with Crippen LogP contribution in [0.2, 0.25) is 0 Å². The summed E-state index contributed by atoms with van der Waals surface area (Å²) in [6.07, 6.45) is 5.00. The van der Waals surface area contributed by atoms with Gasteiger partial charge in [-0.15, -0.1) is 0 Å². The lowest BCUT2D eigenvalue weighted by Gasteiger charge is -2.73. The van der Waals surface area contributed by atoms with E-state index in [0.29, 0.717) is 51.4 Å². The predicted molar refractivity (Wildman–Crippen MR) is 137 cm³/mol. The Morgan fingerprint density at radius 1 is 0.811 bits per heavy atom. The fourth-order valence-electron chi connectivity index (χ4n) is 10.5. The molecule has 0 heterocycles. The van der Waals surface area contributed by atoms with E-state index in [1.807, 2.05) is 20.8 Å². The van der Waals surface area contributed by atoms with Gasteiger partial charge in [-0.2, -0.15) is 0 Å². The summed E-state index contributed by atoms with van der Waals surface area (Å²) in [6.45, 7) is 12.1. The van der Waals surface area contributed by atoms with Gasteiger partial charge in [0, 0.05) is 11.3 Å². The molecule has 0 saturated heterocycles. The van der Waals surface area contributed by atoms with E-state index in [2.05, 4.69) is 19.9 Å². The van der Waals surface area contributed by atoms with Gasteiger partial charge in [0.2, 0.25) is 0 Å². The highest BCUT2D eigenvalue weighted by atomic mass is 16.4. The number of hydrogen-bond acceptors (Lipinski definition) is 5. The summed E-state index contributed by atoms with van der Waals surface area (Å²) in [7, 11) is 0. The Balaban J connectivity index is 1.66. The van der Waals surface area contributed by atoms with E-state index in [9.17, 15) is 35.1 Å². The summed E-state index contributed by atoms with van der Waals surface area (Å²) < 4.78 is 0. The van der Waals surface area contributed by atoms with Crippen molar-refractivity contribution in [2.75, 3.05) is 0 Å². The standard InChI is InChI=1S/C30H46O7/c1-24(2)11-14-29(23(35)36)15-12-25(3)17(20(29)21(24)32)7-8-18-26(25,4)13-16-30(37)27(18,5)10-9-19(31)28(30,6)22(33)34/h7,18-21,31-32,37H,8-16H2,1-6H3,(H,33,34)(H,35,36)/t18-,19-,20-,21-,25+,26+,27+,28?,29-,30?/m0/s1. The minimum atomic E-state index is -1.67. The lowest BCUT2D eigenvalue weighted by molar-refractivity contribution is -0.293. The van der Waals surface area contributed by atoms with Crippen LogP contribution in [0.25, 0.3) is 0 Å². The zero-order valence-electron chi connectivity index (χ0n) is 23.3. The fraction of sp³-hybridized carbons (Fsp3) is 0.867. The number of allylic oxidation sites excluding steroid dienone is 1. The molecule has 5 rings (SSSR count). The van der Waals surface area contributed by atoms with Gasteiger partial charge in [0.1, 0.15) is 5.41 Å². The third kappa shape index (κ3) is 2.84. The molecule has 5 N–H and O–H groups in total. The highest BCUT2D eigenvalue weighted by molar-refractivity contribution is 5.78. The Morgan fingerprint density at radius 3 is 2.03 bits per heavy atom. The average Bonchev–Trinajstić information content (AvgIpc) is 2.81. The lowest BCUT2D eigenvalue weighted by Crippen LogP contribution is -2.75. The van der Waals surface area contributed by atoms with Crippen molar-refractivity contribution in [3.8, 4) is 0 Å². The second-order valence-corrected chi connectivity index (χ2v) is 14.9. The van der Waals surface area contributed by atoms with Crippen molar-refractivity contribution in [1.82, 2.24) is 0 Å². The highest BCUT2D eigenvalue weighted by Gasteiger charge is 2.76. The van der Waals surface area contributed by atoms with Gasteiger partial charge in [-0.25, -0.2) is 0 Å². The Kier molecular flexibility index (Phi) is 5.58. The first-order valence-corrected chi connectivity index (χ1v) is 14.1.